The summed E-state index contributed by atoms with van der Waals surface area (Å²) in [6.07, 6.45) is 31.4. The number of thioether (sulfide) groups is 1. The number of nitrogens with zero attached hydrogens (tertiary/aromatic N) is 1. The minimum absolute atomic E-state index is 0.619. The molecule has 0 spiro atoms. The minimum Gasteiger partial charge on any atom is -0.302 e. The molecule has 0 radical (unpaired) electrons. The first kappa shape index (κ1) is 29.8. The Hall–Kier alpha value is -1.25. The summed E-state index contributed by atoms with van der Waals surface area (Å²) in [6, 6.07) is 0. The molecule has 176 valence electrons. The third-order valence-corrected chi connectivity index (χ3v) is 6.08. The molecule has 0 rings (SSSR count). The van der Waals surface area contributed by atoms with E-state index >= 15 is 0 Å². The van der Waals surface area contributed by atoms with Gasteiger partial charge in [0.15, 0.2) is 0 Å². The number of rotatable bonds is 19. The molecule has 0 aliphatic heterocycles. The molecule has 0 aromatic rings. The van der Waals surface area contributed by atoms with Gasteiger partial charge >= 0.3 is 0 Å². The van der Waals surface area contributed by atoms with Gasteiger partial charge in [0.25, 0.3) is 0 Å². The zero-order chi connectivity index (χ0) is 23.0. The molecule has 2 unspecified atom stereocenters. The summed E-state index contributed by atoms with van der Waals surface area (Å²) in [4.78, 5) is 2.59. The van der Waals surface area contributed by atoms with Crippen LogP contribution in [-0.4, -0.2) is 30.3 Å². The van der Waals surface area contributed by atoms with Crippen molar-refractivity contribution in [3.05, 3.63) is 72.2 Å². The Bertz CT molecular complexity index is 553. The highest BCUT2D eigenvalue weighted by molar-refractivity contribution is 8.02. The molecule has 0 aliphatic carbocycles. The monoisotopic (exact) mass is 443 g/mol. The van der Waals surface area contributed by atoms with Gasteiger partial charge in [0.2, 0.25) is 0 Å². The van der Waals surface area contributed by atoms with Crippen LogP contribution in [0.3, 0.4) is 0 Å². The molecule has 0 heterocycles. The van der Waals surface area contributed by atoms with Gasteiger partial charge in [-0.05, 0) is 62.3 Å². The summed E-state index contributed by atoms with van der Waals surface area (Å²) in [5.41, 5.74) is 0. The van der Waals surface area contributed by atoms with Gasteiger partial charge in [-0.15, -0.1) is 11.8 Å². The summed E-state index contributed by atoms with van der Waals surface area (Å²) in [5.74, 6) is 2.47. The Labute approximate surface area is 199 Å². The van der Waals surface area contributed by atoms with Gasteiger partial charge in [-0.2, -0.15) is 0 Å². The van der Waals surface area contributed by atoms with Crippen LogP contribution < -0.4 is 0 Å². The Morgan fingerprint density at radius 3 is 1.74 bits per heavy atom. The highest BCUT2D eigenvalue weighted by atomic mass is 32.2. The first-order valence-corrected chi connectivity index (χ1v) is 13.5. The summed E-state index contributed by atoms with van der Waals surface area (Å²) >= 11 is 1.93. The molecule has 1 nitrogen and oxygen atoms in total. The molecule has 2 atom stereocenters. The molecule has 0 saturated carbocycles. The maximum Gasteiger partial charge on any atom is 0.0102 e. The van der Waals surface area contributed by atoms with Crippen molar-refractivity contribution in [3.8, 4) is 0 Å². The van der Waals surface area contributed by atoms with E-state index in [2.05, 4.69) is 112 Å². The lowest BCUT2D eigenvalue weighted by atomic mass is 9.94. The second-order valence-electron chi connectivity index (χ2n) is 8.05. The van der Waals surface area contributed by atoms with Gasteiger partial charge in [-0.1, -0.05) is 101 Å². The number of hydrogen-bond acceptors (Lipinski definition) is 2. The highest BCUT2D eigenvalue weighted by Crippen LogP contribution is 2.15. The van der Waals surface area contributed by atoms with Crippen LogP contribution in [-0.2, 0) is 0 Å². The van der Waals surface area contributed by atoms with Crippen LogP contribution in [0.15, 0.2) is 72.2 Å². The van der Waals surface area contributed by atoms with Crippen LogP contribution >= 0.6 is 11.8 Å². The first-order chi connectivity index (χ1) is 15.2. The van der Waals surface area contributed by atoms with Crippen molar-refractivity contribution in [2.24, 2.45) is 11.8 Å². The smallest absolute Gasteiger partial charge is 0.0102 e. The number of hydrogen-bond donors (Lipinski definition) is 0. The summed E-state index contributed by atoms with van der Waals surface area (Å²) in [6.45, 7) is 14.8. The molecule has 0 N–H and O–H groups in total. The molecule has 0 bridgehead atoms. The van der Waals surface area contributed by atoms with Gasteiger partial charge in [0.05, 0.1) is 0 Å². The lowest BCUT2D eigenvalue weighted by Crippen LogP contribution is -2.32. The van der Waals surface area contributed by atoms with E-state index in [0.29, 0.717) is 11.8 Å². The third kappa shape index (κ3) is 20.4. The predicted molar refractivity (Wildman–Crippen MR) is 147 cm³/mol. The average Bonchev–Trinajstić information content (AvgIpc) is 2.78. The van der Waals surface area contributed by atoms with Crippen LogP contribution in [0.5, 0.6) is 0 Å². The molecule has 0 saturated heterocycles. The molecule has 0 aromatic carbocycles. The summed E-state index contributed by atoms with van der Waals surface area (Å²) in [5, 5.41) is 2.26. The van der Waals surface area contributed by atoms with Crippen molar-refractivity contribution in [2.75, 3.05) is 25.4 Å². The zero-order valence-corrected chi connectivity index (χ0v) is 21.8. The van der Waals surface area contributed by atoms with E-state index < -0.39 is 0 Å². The minimum atomic E-state index is 0.619. The van der Waals surface area contributed by atoms with Crippen molar-refractivity contribution in [1.29, 1.82) is 0 Å². The molecular formula is C29H49NS. The normalized spacial score (nSPS) is 15.3. The third-order valence-electron chi connectivity index (χ3n) is 5.28. The fraction of sp³-hybridized carbons (Fsp3) is 0.586. The summed E-state index contributed by atoms with van der Waals surface area (Å²) in [7, 11) is 0. The van der Waals surface area contributed by atoms with Crippen LogP contribution in [0.4, 0.5) is 0 Å². The van der Waals surface area contributed by atoms with Crippen LogP contribution in [0.2, 0.25) is 0 Å². The maximum atomic E-state index is 2.59. The maximum absolute atomic E-state index is 2.59. The first-order valence-electron chi connectivity index (χ1n) is 12.4. The van der Waals surface area contributed by atoms with Crippen molar-refractivity contribution < 1.29 is 0 Å². The van der Waals surface area contributed by atoms with Gasteiger partial charge < -0.3 is 4.90 Å². The second kappa shape index (κ2) is 23.4. The van der Waals surface area contributed by atoms with E-state index in [-0.39, 0.29) is 0 Å². The van der Waals surface area contributed by atoms with Gasteiger partial charge in [-0.3, -0.25) is 0 Å². The van der Waals surface area contributed by atoms with E-state index in [4.69, 9.17) is 0 Å². The summed E-state index contributed by atoms with van der Waals surface area (Å²) < 4.78 is 0. The predicted octanol–water partition coefficient (Wildman–Crippen LogP) is 8.99. The molecule has 31 heavy (non-hydrogen) atoms. The van der Waals surface area contributed by atoms with E-state index in [1.54, 1.807) is 0 Å². The number of allylic oxidation sites excluding steroid dienone is 11. The Balaban J connectivity index is 4.00. The van der Waals surface area contributed by atoms with E-state index in [0.717, 1.165) is 51.6 Å². The topological polar surface area (TPSA) is 3.24 Å². The van der Waals surface area contributed by atoms with E-state index in [9.17, 15) is 0 Å². The van der Waals surface area contributed by atoms with E-state index in [1.807, 2.05) is 11.8 Å². The molecule has 0 amide bonds. The Morgan fingerprint density at radius 2 is 1.19 bits per heavy atom. The fourth-order valence-corrected chi connectivity index (χ4v) is 3.78. The average molecular weight is 444 g/mol. The zero-order valence-electron chi connectivity index (χ0n) is 21.0. The standard InChI is InChI=1S/C29H49NS/c1-6-9-11-13-15-17-19-21-23-28(4)29(5)27-30(8-3)24-26-31-25-22-20-18-16-14-12-10-7-2/h9-12,15-18,21-23,25,28-29H,6-8,13-14,19-20,24,26-27H2,1-5H3/b11-9-,12-10-,17-15-,18-16-,23-21-,25-22-. The quantitative estimate of drug-likeness (QED) is 0.145. The van der Waals surface area contributed by atoms with Crippen molar-refractivity contribution in [1.82, 2.24) is 4.90 Å². The second-order valence-corrected chi connectivity index (χ2v) is 9.06. The lowest BCUT2D eigenvalue weighted by molar-refractivity contribution is 0.240. The molecule has 0 aliphatic rings. The Kier molecular flexibility index (Phi) is 22.5. The Morgan fingerprint density at radius 1 is 0.677 bits per heavy atom. The highest BCUT2D eigenvalue weighted by Gasteiger charge is 2.13. The van der Waals surface area contributed by atoms with Crippen molar-refractivity contribution in [3.63, 3.8) is 0 Å². The molecule has 0 fully saturated rings. The van der Waals surface area contributed by atoms with Crippen LogP contribution in [0.1, 0.15) is 73.1 Å². The van der Waals surface area contributed by atoms with Gasteiger partial charge in [-0.25, -0.2) is 0 Å². The van der Waals surface area contributed by atoms with Crippen molar-refractivity contribution >= 4 is 11.8 Å². The van der Waals surface area contributed by atoms with Crippen LogP contribution in [0.25, 0.3) is 0 Å². The molecule has 0 aromatic heterocycles. The fourth-order valence-electron chi connectivity index (χ4n) is 3.03. The molecular weight excluding hydrogens is 394 g/mol. The van der Waals surface area contributed by atoms with Gasteiger partial charge in [0, 0.05) is 18.8 Å². The van der Waals surface area contributed by atoms with E-state index in [1.165, 1.54) is 12.3 Å². The van der Waals surface area contributed by atoms with Crippen LogP contribution in [0, 0.1) is 11.8 Å². The largest absolute Gasteiger partial charge is 0.302 e. The van der Waals surface area contributed by atoms with Crippen molar-refractivity contribution in [2.45, 2.75) is 73.1 Å². The lowest BCUT2D eigenvalue weighted by Gasteiger charge is -2.26. The van der Waals surface area contributed by atoms with Gasteiger partial charge in [0.1, 0.15) is 0 Å². The SMILES string of the molecule is CC/C=C\C/C=C\C/C=C\SCCN(CC)CC(C)C(C)/C=C\C/C=C\C/C=C\CC. The molecule has 2 heteroatoms.